The van der Waals surface area contributed by atoms with Crippen LogP contribution in [0.1, 0.15) is 20.8 Å². The SMILES string of the molecule is O=C(Cc1csc(COc2ccc(F)cc2)n1)Oc1ccc(C2SCCS2)cc1. The zero-order valence-electron chi connectivity index (χ0n) is 15.4. The lowest BCUT2D eigenvalue weighted by atomic mass is 10.2. The van der Waals surface area contributed by atoms with E-state index < -0.39 is 0 Å². The summed E-state index contributed by atoms with van der Waals surface area (Å²) in [6.45, 7) is 0.268. The molecule has 0 amide bonds. The van der Waals surface area contributed by atoms with Gasteiger partial charge in [0, 0.05) is 16.9 Å². The van der Waals surface area contributed by atoms with Gasteiger partial charge in [-0.3, -0.25) is 4.79 Å². The van der Waals surface area contributed by atoms with Crippen LogP contribution in [-0.4, -0.2) is 22.5 Å². The molecule has 0 N–H and O–H groups in total. The molecular formula is C21H18FNO3S3. The molecule has 1 aromatic heterocycles. The van der Waals surface area contributed by atoms with Crippen molar-refractivity contribution < 1.29 is 18.7 Å². The predicted molar refractivity (Wildman–Crippen MR) is 116 cm³/mol. The number of nitrogens with zero attached hydrogens (tertiary/aromatic N) is 1. The molecule has 0 radical (unpaired) electrons. The molecule has 0 unspecified atom stereocenters. The second kappa shape index (κ2) is 9.65. The third-order valence-corrected chi connectivity index (χ3v) is 8.08. The van der Waals surface area contributed by atoms with Crippen LogP contribution in [-0.2, 0) is 17.8 Å². The minimum Gasteiger partial charge on any atom is -0.486 e. The maximum absolute atomic E-state index is 12.9. The molecule has 0 saturated carbocycles. The fourth-order valence-corrected chi connectivity index (χ4v) is 6.30. The molecule has 3 aromatic rings. The van der Waals surface area contributed by atoms with Crippen molar-refractivity contribution in [3.8, 4) is 11.5 Å². The van der Waals surface area contributed by atoms with E-state index in [0.29, 0.717) is 21.8 Å². The molecule has 0 atom stereocenters. The monoisotopic (exact) mass is 447 g/mol. The van der Waals surface area contributed by atoms with Crippen molar-refractivity contribution in [2.24, 2.45) is 0 Å². The minimum atomic E-state index is -0.348. The maximum Gasteiger partial charge on any atom is 0.317 e. The predicted octanol–water partition coefficient (Wildman–Crippen LogP) is 5.49. The van der Waals surface area contributed by atoms with Crippen molar-refractivity contribution in [2.75, 3.05) is 11.5 Å². The lowest BCUT2D eigenvalue weighted by Gasteiger charge is -2.09. The van der Waals surface area contributed by atoms with E-state index in [9.17, 15) is 9.18 Å². The molecule has 150 valence electrons. The Hall–Kier alpha value is -2.03. The van der Waals surface area contributed by atoms with Gasteiger partial charge in [-0.15, -0.1) is 34.9 Å². The van der Waals surface area contributed by atoms with Gasteiger partial charge in [-0.1, -0.05) is 12.1 Å². The number of carbonyl (C=O) groups excluding carboxylic acids is 1. The first kappa shape index (κ1) is 20.3. The Morgan fingerprint density at radius 3 is 2.45 bits per heavy atom. The van der Waals surface area contributed by atoms with E-state index in [1.54, 1.807) is 12.1 Å². The van der Waals surface area contributed by atoms with E-state index in [1.165, 1.54) is 40.5 Å². The van der Waals surface area contributed by atoms with Crippen molar-refractivity contribution in [3.05, 3.63) is 76.0 Å². The highest BCUT2D eigenvalue weighted by atomic mass is 32.2. The van der Waals surface area contributed by atoms with Crippen molar-refractivity contribution >= 4 is 40.8 Å². The van der Waals surface area contributed by atoms with Crippen LogP contribution >= 0.6 is 34.9 Å². The number of thioether (sulfide) groups is 2. The van der Waals surface area contributed by atoms with E-state index in [1.807, 2.05) is 53.2 Å². The number of ether oxygens (including phenoxy) is 2. The lowest BCUT2D eigenvalue weighted by Crippen LogP contribution is -2.11. The summed E-state index contributed by atoms with van der Waals surface area (Å²) >= 11 is 5.30. The van der Waals surface area contributed by atoms with Crippen LogP contribution < -0.4 is 9.47 Å². The Labute approximate surface area is 180 Å². The highest BCUT2D eigenvalue weighted by Gasteiger charge is 2.18. The molecule has 0 aliphatic carbocycles. The smallest absolute Gasteiger partial charge is 0.317 e. The van der Waals surface area contributed by atoms with Crippen molar-refractivity contribution in [1.29, 1.82) is 0 Å². The van der Waals surface area contributed by atoms with Gasteiger partial charge in [0.1, 0.15) is 28.9 Å². The summed E-state index contributed by atoms with van der Waals surface area (Å²) in [5.41, 5.74) is 1.90. The highest BCUT2D eigenvalue weighted by molar-refractivity contribution is 8.19. The number of rotatable bonds is 7. The van der Waals surface area contributed by atoms with Gasteiger partial charge in [0.05, 0.1) is 16.7 Å². The summed E-state index contributed by atoms with van der Waals surface area (Å²) in [6.07, 6.45) is 0.100. The van der Waals surface area contributed by atoms with E-state index in [-0.39, 0.29) is 24.8 Å². The fraction of sp³-hybridized carbons (Fsp3) is 0.238. The van der Waals surface area contributed by atoms with E-state index >= 15 is 0 Å². The third-order valence-electron chi connectivity index (χ3n) is 4.11. The Balaban J connectivity index is 1.27. The maximum atomic E-state index is 12.9. The lowest BCUT2D eigenvalue weighted by molar-refractivity contribution is -0.133. The number of carbonyl (C=O) groups is 1. The van der Waals surface area contributed by atoms with Crippen molar-refractivity contribution in [2.45, 2.75) is 17.6 Å². The van der Waals surface area contributed by atoms with Gasteiger partial charge in [-0.2, -0.15) is 0 Å². The number of aromatic nitrogens is 1. The first-order valence-electron chi connectivity index (χ1n) is 9.01. The topological polar surface area (TPSA) is 48.4 Å². The molecule has 1 aliphatic heterocycles. The Bertz CT molecular complexity index is 954. The number of hydrogen-bond acceptors (Lipinski definition) is 7. The summed E-state index contributed by atoms with van der Waals surface area (Å²) < 4.78 is 24.4. The number of hydrogen-bond donors (Lipinski definition) is 0. The van der Waals surface area contributed by atoms with Gasteiger partial charge in [0.25, 0.3) is 0 Å². The molecule has 2 heterocycles. The van der Waals surface area contributed by atoms with E-state index in [0.717, 1.165) is 5.01 Å². The van der Waals surface area contributed by atoms with Crippen molar-refractivity contribution in [1.82, 2.24) is 4.98 Å². The first-order valence-corrected chi connectivity index (χ1v) is 12.0. The quantitative estimate of drug-likeness (QED) is 0.353. The van der Waals surface area contributed by atoms with Crippen LogP contribution in [0.4, 0.5) is 4.39 Å². The zero-order valence-corrected chi connectivity index (χ0v) is 17.8. The van der Waals surface area contributed by atoms with Gasteiger partial charge in [-0.05, 0) is 42.0 Å². The number of halogens is 1. The molecule has 2 aromatic carbocycles. The summed E-state index contributed by atoms with van der Waals surface area (Å²) in [4.78, 5) is 16.6. The molecule has 0 bridgehead atoms. The molecule has 1 fully saturated rings. The molecule has 29 heavy (non-hydrogen) atoms. The van der Waals surface area contributed by atoms with Crippen LogP contribution in [0.15, 0.2) is 53.9 Å². The standard InChI is InChI=1S/C21H18FNO3S3/c22-15-3-7-17(8-4-15)25-12-19-23-16(13-29-19)11-20(24)26-18-5-1-14(2-6-18)21-27-9-10-28-21/h1-8,13,21H,9-12H2. The number of benzene rings is 2. The van der Waals surface area contributed by atoms with Crippen LogP contribution in [0.5, 0.6) is 11.5 Å². The van der Waals surface area contributed by atoms with Crippen molar-refractivity contribution in [3.63, 3.8) is 0 Å². The Kier molecular flexibility index (Phi) is 6.74. The molecule has 4 nitrogen and oxygen atoms in total. The number of esters is 1. The Morgan fingerprint density at radius 2 is 1.72 bits per heavy atom. The Morgan fingerprint density at radius 1 is 1.03 bits per heavy atom. The second-order valence-corrected chi connectivity index (χ2v) is 9.94. The second-order valence-electron chi connectivity index (χ2n) is 6.27. The largest absolute Gasteiger partial charge is 0.486 e. The molecule has 1 aliphatic rings. The molecule has 1 saturated heterocycles. The molecular weight excluding hydrogens is 429 g/mol. The van der Waals surface area contributed by atoms with E-state index in [2.05, 4.69) is 4.98 Å². The van der Waals surface area contributed by atoms with Crippen LogP contribution in [0.25, 0.3) is 0 Å². The summed E-state index contributed by atoms with van der Waals surface area (Å²) in [5, 5.41) is 2.57. The average Bonchev–Trinajstić information content (AvgIpc) is 3.40. The summed E-state index contributed by atoms with van der Waals surface area (Å²) in [5.74, 6) is 2.81. The van der Waals surface area contributed by atoms with Gasteiger partial charge in [0.15, 0.2) is 0 Å². The molecule has 0 spiro atoms. The molecule has 4 rings (SSSR count). The third kappa shape index (κ3) is 5.74. The van der Waals surface area contributed by atoms with Crippen LogP contribution in [0.3, 0.4) is 0 Å². The fourth-order valence-electron chi connectivity index (χ4n) is 2.73. The van der Waals surface area contributed by atoms with E-state index in [4.69, 9.17) is 9.47 Å². The van der Waals surface area contributed by atoms with Gasteiger partial charge < -0.3 is 9.47 Å². The van der Waals surface area contributed by atoms with Gasteiger partial charge in [0.2, 0.25) is 0 Å². The molecule has 8 heteroatoms. The highest BCUT2D eigenvalue weighted by Crippen LogP contribution is 2.45. The van der Waals surface area contributed by atoms with Crippen LogP contribution in [0, 0.1) is 5.82 Å². The minimum absolute atomic E-state index is 0.100. The summed E-state index contributed by atoms with van der Waals surface area (Å²) in [6, 6.07) is 13.5. The zero-order chi connectivity index (χ0) is 20.1. The number of thiazole rings is 1. The normalized spacial score (nSPS) is 14.1. The summed E-state index contributed by atoms with van der Waals surface area (Å²) in [7, 11) is 0. The van der Waals surface area contributed by atoms with Crippen LogP contribution in [0.2, 0.25) is 0 Å². The van der Waals surface area contributed by atoms with Gasteiger partial charge >= 0.3 is 5.97 Å². The first-order chi connectivity index (χ1) is 14.2. The average molecular weight is 448 g/mol. The van der Waals surface area contributed by atoms with Gasteiger partial charge in [-0.25, -0.2) is 9.37 Å².